The summed E-state index contributed by atoms with van der Waals surface area (Å²) in [6.45, 7) is 9.39. The number of nitrogens with one attached hydrogen (secondary N) is 1. The van der Waals surface area contributed by atoms with Crippen molar-refractivity contribution in [2.75, 3.05) is 13.1 Å². The lowest BCUT2D eigenvalue weighted by atomic mass is 9.99. The second kappa shape index (κ2) is 9.88. The summed E-state index contributed by atoms with van der Waals surface area (Å²) in [4.78, 5) is 15.1. The van der Waals surface area contributed by atoms with Crippen molar-refractivity contribution in [3.05, 3.63) is 95.0 Å². The van der Waals surface area contributed by atoms with E-state index in [9.17, 15) is 4.79 Å². The van der Waals surface area contributed by atoms with Crippen molar-refractivity contribution in [1.82, 2.24) is 25.0 Å². The highest BCUT2D eigenvalue weighted by molar-refractivity contribution is 5.95. The zero-order valence-corrected chi connectivity index (χ0v) is 20.5. The molecule has 0 saturated carbocycles. The van der Waals surface area contributed by atoms with Gasteiger partial charge in [-0.05, 0) is 55.2 Å². The third-order valence-electron chi connectivity index (χ3n) is 6.78. The largest absolute Gasteiger partial charge is 0.469 e. The fraction of sp³-hybridized carbons (Fsp3) is 0.321. The lowest BCUT2D eigenvalue weighted by Crippen LogP contribution is -2.30. The van der Waals surface area contributed by atoms with Crippen molar-refractivity contribution in [3.63, 3.8) is 0 Å². The summed E-state index contributed by atoms with van der Waals surface area (Å²) in [5.41, 5.74) is 5.68. The molecule has 0 bridgehead atoms. The maximum atomic E-state index is 12.6. The molecule has 180 valence electrons. The van der Waals surface area contributed by atoms with Crippen LogP contribution in [-0.4, -0.2) is 38.7 Å². The molecule has 7 heteroatoms. The van der Waals surface area contributed by atoms with Crippen molar-refractivity contribution in [3.8, 4) is 11.1 Å². The summed E-state index contributed by atoms with van der Waals surface area (Å²) >= 11 is 0. The molecule has 1 N–H and O–H groups in total. The van der Waals surface area contributed by atoms with Crippen LogP contribution in [0.5, 0.6) is 0 Å². The van der Waals surface area contributed by atoms with E-state index < -0.39 is 0 Å². The molecule has 2 aromatic carbocycles. The third kappa shape index (κ3) is 4.91. The van der Waals surface area contributed by atoms with Crippen molar-refractivity contribution in [2.45, 2.75) is 46.3 Å². The summed E-state index contributed by atoms with van der Waals surface area (Å²) in [6, 6.07) is 18.8. The molecule has 1 aliphatic rings. The molecular formula is C28H31N5O2. The topological polar surface area (TPSA) is 76.2 Å². The summed E-state index contributed by atoms with van der Waals surface area (Å²) in [7, 11) is 0. The van der Waals surface area contributed by atoms with Crippen LogP contribution in [0.3, 0.4) is 0 Å². The van der Waals surface area contributed by atoms with Gasteiger partial charge in [0.2, 0.25) is 0 Å². The maximum absolute atomic E-state index is 12.6. The quantitative estimate of drug-likeness (QED) is 0.443. The van der Waals surface area contributed by atoms with E-state index in [0.717, 1.165) is 44.2 Å². The number of aromatic nitrogens is 3. The Morgan fingerprint density at radius 3 is 2.71 bits per heavy atom. The minimum Gasteiger partial charge on any atom is -0.469 e. The van der Waals surface area contributed by atoms with Gasteiger partial charge in [-0.25, -0.2) is 0 Å². The molecule has 3 heterocycles. The van der Waals surface area contributed by atoms with Crippen LogP contribution in [0, 0.1) is 13.8 Å². The van der Waals surface area contributed by atoms with Crippen molar-refractivity contribution in [2.24, 2.45) is 0 Å². The Hall–Kier alpha value is -3.71. The minimum atomic E-state index is -0.254. The average Bonchev–Trinajstić information content (AvgIpc) is 3.42. The summed E-state index contributed by atoms with van der Waals surface area (Å²) in [5, 5.41) is 11.9. The first kappa shape index (κ1) is 23.1. The summed E-state index contributed by atoms with van der Waals surface area (Å²) in [6.07, 6.45) is 2.36. The Kier molecular flexibility index (Phi) is 6.51. The molecule has 4 aromatic rings. The second-order valence-corrected chi connectivity index (χ2v) is 9.25. The lowest BCUT2D eigenvalue weighted by Gasteiger charge is -2.21. The third-order valence-corrected chi connectivity index (χ3v) is 6.78. The number of hydrogen-bond acceptors (Lipinski definition) is 5. The van der Waals surface area contributed by atoms with Crippen LogP contribution < -0.4 is 5.32 Å². The zero-order chi connectivity index (χ0) is 24.4. The van der Waals surface area contributed by atoms with Gasteiger partial charge in [-0.1, -0.05) is 42.5 Å². The van der Waals surface area contributed by atoms with Gasteiger partial charge < -0.3 is 14.3 Å². The van der Waals surface area contributed by atoms with Crippen LogP contribution in [0.4, 0.5) is 0 Å². The number of rotatable bonds is 6. The molecule has 5 rings (SSSR count). The van der Waals surface area contributed by atoms with Crippen molar-refractivity contribution < 1.29 is 9.21 Å². The highest BCUT2D eigenvalue weighted by atomic mass is 16.3. The fourth-order valence-corrected chi connectivity index (χ4v) is 4.82. The van der Waals surface area contributed by atoms with Crippen LogP contribution in [0.2, 0.25) is 0 Å². The predicted octanol–water partition coefficient (Wildman–Crippen LogP) is 4.70. The smallest absolute Gasteiger partial charge is 0.255 e. The summed E-state index contributed by atoms with van der Waals surface area (Å²) < 4.78 is 7.43. The SMILES string of the molecule is Cc1ccccc1-c1cccc(CN2CCc3nnc(C(C)NC(=O)c4ccoc4C)n3CC2)c1. The molecule has 1 aliphatic heterocycles. The number of hydrogen-bond donors (Lipinski definition) is 1. The molecule has 1 atom stereocenters. The van der Waals surface area contributed by atoms with E-state index >= 15 is 0 Å². The van der Waals surface area contributed by atoms with Gasteiger partial charge in [-0.2, -0.15) is 0 Å². The average molecular weight is 470 g/mol. The number of amides is 1. The van der Waals surface area contributed by atoms with Crippen molar-refractivity contribution >= 4 is 5.91 Å². The van der Waals surface area contributed by atoms with Crippen LogP contribution in [0.15, 0.2) is 65.3 Å². The zero-order valence-electron chi connectivity index (χ0n) is 20.5. The molecule has 0 spiro atoms. The standard InChI is InChI=1S/C28H31N5O2/c1-19-7-4-5-10-24(19)23-9-6-8-22(17-23)18-32-13-11-26-30-31-27(33(26)15-14-32)20(2)29-28(34)25-12-16-35-21(25)3/h4-10,12,16-17,20H,11,13-15,18H2,1-3H3,(H,29,34). The van der Waals surface area contributed by atoms with E-state index in [1.807, 2.05) is 6.92 Å². The van der Waals surface area contributed by atoms with Gasteiger partial charge in [0.25, 0.3) is 5.91 Å². The number of furan rings is 1. The van der Waals surface area contributed by atoms with Gasteiger partial charge >= 0.3 is 0 Å². The van der Waals surface area contributed by atoms with Gasteiger partial charge in [0.05, 0.1) is 17.9 Å². The molecule has 0 saturated heterocycles. The predicted molar refractivity (Wildman–Crippen MR) is 135 cm³/mol. The molecule has 35 heavy (non-hydrogen) atoms. The first-order valence-electron chi connectivity index (χ1n) is 12.1. The van der Waals surface area contributed by atoms with E-state index in [1.165, 1.54) is 28.5 Å². The lowest BCUT2D eigenvalue weighted by molar-refractivity contribution is 0.0936. The van der Waals surface area contributed by atoms with Gasteiger partial charge in [-0.15, -0.1) is 10.2 Å². The number of carbonyl (C=O) groups excluding carboxylic acids is 1. The van der Waals surface area contributed by atoms with Crippen LogP contribution >= 0.6 is 0 Å². The first-order valence-corrected chi connectivity index (χ1v) is 12.1. The Labute approximate surface area is 205 Å². The molecule has 0 aliphatic carbocycles. The van der Waals surface area contributed by atoms with Gasteiger partial charge in [-0.3, -0.25) is 9.69 Å². The fourth-order valence-electron chi connectivity index (χ4n) is 4.82. The second-order valence-electron chi connectivity index (χ2n) is 9.25. The van der Waals surface area contributed by atoms with E-state index in [4.69, 9.17) is 4.42 Å². The molecule has 7 nitrogen and oxygen atoms in total. The van der Waals surface area contributed by atoms with E-state index in [0.29, 0.717) is 11.3 Å². The first-order chi connectivity index (χ1) is 17.0. The Bertz CT molecular complexity index is 1340. The van der Waals surface area contributed by atoms with Gasteiger partial charge in [0, 0.05) is 32.6 Å². The molecular weight excluding hydrogens is 438 g/mol. The molecule has 0 fully saturated rings. The number of fused-ring (bicyclic) bond motifs is 1. The Balaban J connectivity index is 1.26. The molecule has 1 amide bonds. The van der Waals surface area contributed by atoms with Crippen LogP contribution in [0.25, 0.3) is 11.1 Å². The number of benzene rings is 2. The van der Waals surface area contributed by atoms with Crippen LogP contribution in [0.1, 0.15) is 51.9 Å². The molecule has 0 radical (unpaired) electrons. The number of aryl methyl sites for hydroxylation is 2. The Morgan fingerprint density at radius 1 is 1.06 bits per heavy atom. The van der Waals surface area contributed by atoms with Crippen LogP contribution in [-0.2, 0) is 19.5 Å². The minimum absolute atomic E-state index is 0.162. The van der Waals surface area contributed by atoms with Crippen molar-refractivity contribution in [1.29, 1.82) is 0 Å². The van der Waals surface area contributed by atoms with E-state index in [-0.39, 0.29) is 11.9 Å². The highest BCUT2D eigenvalue weighted by Gasteiger charge is 2.24. The Morgan fingerprint density at radius 2 is 1.91 bits per heavy atom. The monoisotopic (exact) mass is 469 g/mol. The van der Waals surface area contributed by atoms with E-state index in [1.54, 1.807) is 13.0 Å². The normalized spacial score (nSPS) is 14.8. The molecule has 1 unspecified atom stereocenters. The highest BCUT2D eigenvalue weighted by Crippen LogP contribution is 2.25. The molecule has 2 aromatic heterocycles. The van der Waals surface area contributed by atoms with Gasteiger partial charge in [0.1, 0.15) is 11.6 Å². The maximum Gasteiger partial charge on any atom is 0.255 e. The number of nitrogens with zero attached hydrogens (tertiary/aromatic N) is 4. The number of carbonyl (C=O) groups is 1. The van der Waals surface area contributed by atoms with Gasteiger partial charge in [0.15, 0.2) is 5.82 Å². The van der Waals surface area contributed by atoms with E-state index in [2.05, 4.69) is 80.4 Å². The summed E-state index contributed by atoms with van der Waals surface area (Å²) in [5.74, 6) is 2.21.